The van der Waals surface area contributed by atoms with Crippen molar-refractivity contribution in [2.45, 2.75) is 128 Å². The van der Waals surface area contributed by atoms with Crippen molar-refractivity contribution >= 4 is 0 Å². The first kappa shape index (κ1) is 27.6. The molecule has 0 bridgehead atoms. The number of allylic oxidation sites excluding steroid dienone is 2. The maximum absolute atomic E-state index is 10.0. The summed E-state index contributed by atoms with van der Waals surface area (Å²) in [7, 11) is 0. The van der Waals surface area contributed by atoms with Crippen molar-refractivity contribution in [3.63, 3.8) is 0 Å². The third kappa shape index (κ3) is 13.1. The summed E-state index contributed by atoms with van der Waals surface area (Å²) in [5, 5.41) is 28.9. The van der Waals surface area contributed by atoms with Crippen LogP contribution >= 0.6 is 0 Å². The van der Waals surface area contributed by atoms with E-state index in [0.717, 1.165) is 19.3 Å². The predicted molar refractivity (Wildman–Crippen MR) is 123 cm³/mol. The summed E-state index contributed by atoms with van der Waals surface area (Å²) >= 11 is 0. The number of ether oxygens (including phenoxy) is 2. The molecule has 0 aromatic heterocycles. The normalized spacial score (nSPS) is 24.7. The van der Waals surface area contributed by atoms with Crippen LogP contribution in [-0.2, 0) is 9.47 Å². The molecular formula is C25H48O5. The van der Waals surface area contributed by atoms with Crippen molar-refractivity contribution in [2.75, 3.05) is 19.8 Å². The Balaban J connectivity index is 1.83. The lowest BCUT2D eigenvalue weighted by molar-refractivity contribution is -0.208. The van der Waals surface area contributed by atoms with E-state index in [4.69, 9.17) is 14.6 Å². The van der Waals surface area contributed by atoms with Crippen LogP contribution in [-0.4, -0.2) is 59.6 Å². The summed E-state index contributed by atoms with van der Waals surface area (Å²) in [5.41, 5.74) is 0. The maximum atomic E-state index is 10.0. The van der Waals surface area contributed by atoms with Gasteiger partial charge in [0.2, 0.25) is 0 Å². The van der Waals surface area contributed by atoms with Crippen LogP contribution in [0.25, 0.3) is 0 Å². The lowest BCUT2D eigenvalue weighted by Crippen LogP contribution is -2.55. The first-order valence-corrected chi connectivity index (χ1v) is 12.6. The lowest BCUT2D eigenvalue weighted by Gasteiger charge is -2.36. The number of hydrogen-bond donors (Lipinski definition) is 3. The Morgan fingerprint density at radius 1 is 0.767 bits per heavy atom. The third-order valence-electron chi connectivity index (χ3n) is 6.00. The monoisotopic (exact) mass is 428 g/mol. The molecule has 3 N–H and O–H groups in total. The molecule has 0 aliphatic carbocycles. The fourth-order valence-electron chi connectivity index (χ4n) is 3.92. The molecule has 1 heterocycles. The number of hydrogen-bond acceptors (Lipinski definition) is 5. The summed E-state index contributed by atoms with van der Waals surface area (Å²) in [4.78, 5) is 0. The Morgan fingerprint density at radius 3 is 1.87 bits per heavy atom. The zero-order valence-corrected chi connectivity index (χ0v) is 19.4. The second-order valence-corrected chi connectivity index (χ2v) is 8.74. The Labute approximate surface area is 184 Å². The van der Waals surface area contributed by atoms with Crippen molar-refractivity contribution < 1.29 is 24.8 Å². The van der Waals surface area contributed by atoms with Crippen LogP contribution in [0.1, 0.15) is 103 Å². The molecule has 1 fully saturated rings. The van der Waals surface area contributed by atoms with E-state index < -0.39 is 24.4 Å². The molecule has 4 atom stereocenters. The fourth-order valence-corrected chi connectivity index (χ4v) is 3.92. The van der Waals surface area contributed by atoms with Gasteiger partial charge in [-0.25, -0.2) is 0 Å². The van der Waals surface area contributed by atoms with Crippen molar-refractivity contribution in [3.05, 3.63) is 12.2 Å². The largest absolute Gasteiger partial charge is 0.394 e. The van der Waals surface area contributed by atoms with Crippen molar-refractivity contribution in [1.29, 1.82) is 0 Å². The van der Waals surface area contributed by atoms with Crippen molar-refractivity contribution in [1.82, 2.24) is 0 Å². The van der Waals surface area contributed by atoms with E-state index in [1.165, 1.54) is 77.0 Å². The van der Waals surface area contributed by atoms with Gasteiger partial charge in [0.1, 0.15) is 24.4 Å². The molecular weight excluding hydrogens is 380 g/mol. The summed E-state index contributed by atoms with van der Waals surface area (Å²) in [6.07, 6.45) is 20.7. The quantitative estimate of drug-likeness (QED) is 0.201. The average Bonchev–Trinajstić information content (AvgIpc) is 2.75. The smallest absolute Gasteiger partial charge is 0.111 e. The lowest BCUT2D eigenvalue weighted by atomic mass is 10.0. The maximum Gasteiger partial charge on any atom is 0.111 e. The van der Waals surface area contributed by atoms with Gasteiger partial charge in [0.15, 0.2) is 0 Å². The second-order valence-electron chi connectivity index (χ2n) is 8.74. The van der Waals surface area contributed by atoms with Gasteiger partial charge in [-0.15, -0.1) is 0 Å². The van der Waals surface area contributed by atoms with Crippen LogP contribution < -0.4 is 0 Å². The van der Waals surface area contributed by atoms with Gasteiger partial charge in [0, 0.05) is 6.61 Å². The van der Waals surface area contributed by atoms with Crippen molar-refractivity contribution in [3.8, 4) is 0 Å². The molecule has 1 rings (SSSR count). The van der Waals surface area contributed by atoms with Crippen LogP contribution in [0.2, 0.25) is 0 Å². The molecule has 0 aromatic carbocycles. The Hall–Kier alpha value is -0.460. The SMILES string of the molecule is CCCCCCCCCCCCC/C=C/CCCCO[C@@H]1CO[C@@H](CO)[C@H](O)[C@H]1O. The van der Waals surface area contributed by atoms with Gasteiger partial charge < -0.3 is 24.8 Å². The van der Waals surface area contributed by atoms with Crippen molar-refractivity contribution in [2.24, 2.45) is 0 Å². The van der Waals surface area contributed by atoms with Crippen LogP contribution in [0.4, 0.5) is 0 Å². The van der Waals surface area contributed by atoms with Gasteiger partial charge in [-0.2, -0.15) is 0 Å². The topological polar surface area (TPSA) is 79.2 Å². The van der Waals surface area contributed by atoms with Gasteiger partial charge in [0.25, 0.3) is 0 Å². The zero-order valence-electron chi connectivity index (χ0n) is 19.4. The van der Waals surface area contributed by atoms with E-state index in [2.05, 4.69) is 19.1 Å². The van der Waals surface area contributed by atoms with E-state index >= 15 is 0 Å². The molecule has 0 amide bonds. The predicted octanol–water partition coefficient (Wildman–Crippen LogP) is 4.91. The first-order chi connectivity index (χ1) is 14.7. The van der Waals surface area contributed by atoms with E-state index in [1.807, 2.05) is 0 Å². The summed E-state index contributed by atoms with van der Waals surface area (Å²) in [5.74, 6) is 0. The standard InChI is InChI=1S/C25H48O5/c1-2-3-4-5-6-7-8-9-10-11-12-13-14-15-16-17-18-19-29-23-21-30-22(20-26)24(27)25(23)28/h14-15,22-28H,2-13,16-21H2,1H3/b15-14+/t22-,23+,24-,25-/m0/s1. The molecule has 1 saturated heterocycles. The number of aliphatic hydroxyl groups excluding tert-OH is 3. The van der Waals surface area contributed by atoms with Crippen LogP contribution in [0.15, 0.2) is 12.2 Å². The zero-order chi connectivity index (χ0) is 21.9. The third-order valence-corrected chi connectivity index (χ3v) is 6.00. The van der Waals surface area contributed by atoms with Gasteiger partial charge >= 0.3 is 0 Å². The molecule has 0 radical (unpaired) electrons. The van der Waals surface area contributed by atoms with Crippen LogP contribution in [0.5, 0.6) is 0 Å². The highest BCUT2D eigenvalue weighted by molar-refractivity contribution is 4.87. The van der Waals surface area contributed by atoms with E-state index in [1.54, 1.807) is 0 Å². The Morgan fingerprint density at radius 2 is 1.30 bits per heavy atom. The van der Waals surface area contributed by atoms with Crippen LogP contribution in [0, 0.1) is 0 Å². The van der Waals surface area contributed by atoms with E-state index in [-0.39, 0.29) is 13.2 Å². The summed E-state index contributed by atoms with van der Waals surface area (Å²) in [6.45, 7) is 2.74. The minimum atomic E-state index is -1.09. The number of unbranched alkanes of at least 4 members (excludes halogenated alkanes) is 13. The fraction of sp³-hybridized carbons (Fsp3) is 0.920. The molecule has 1 aliphatic rings. The van der Waals surface area contributed by atoms with Gasteiger partial charge in [-0.1, -0.05) is 83.3 Å². The summed E-state index contributed by atoms with van der Waals surface area (Å²) < 4.78 is 11.0. The van der Waals surface area contributed by atoms with Gasteiger partial charge in [-0.05, 0) is 32.1 Å². The van der Waals surface area contributed by atoms with E-state index in [9.17, 15) is 10.2 Å². The van der Waals surface area contributed by atoms with Gasteiger partial charge in [-0.3, -0.25) is 0 Å². The molecule has 1 aliphatic heterocycles. The molecule has 0 unspecified atom stereocenters. The number of aliphatic hydroxyl groups is 3. The Kier molecular flexibility index (Phi) is 17.7. The average molecular weight is 429 g/mol. The second kappa shape index (κ2) is 19.2. The van der Waals surface area contributed by atoms with Crippen LogP contribution in [0.3, 0.4) is 0 Å². The first-order valence-electron chi connectivity index (χ1n) is 12.6. The van der Waals surface area contributed by atoms with E-state index in [0.29, 0.717) is 6.61 Å². The molecule has 0 spiro atoms. The highest BCUT2D eigenvalue weighted by Gasteiger charge is 2.38. The molecule has 5 nitrogen and oxygen atoms in total. The molecule has 5 heteroatoms. The molecule has 0 saturated carbocycles. The highest BCUT2D eigenvalue weighted by Crippen LogP contribution is 2.18. The Bertz CT molecular complexity index is 401. The minimum absolute atomic E-state index is 0.211. The molecule has 178 valence electrons. The minimum Gasteiger partial charge on any atom is -0.394 e. The number of rotatable bonds is 19. The molecule has 0 aromatic rings. The molecule has 30 heavy (non-hydrogen) atoms. The summed E-state index contributed by atoms with van der Waals surface area (Å²) in [6, 6.07) is 0. The highest BCUT2D eigenvalue weighted by atomic mass is 16.6. The van der Waals surface area contributed by atoms with Gasteiger partial charge in [0.05, 0.1) is 13.2 Å².